The van der Waals surface area contributed by atoms with E-state index in [-0.39, 0.29) is 0 Å². The van der Waals surface area contributed by atoms with E-state index in [0.29, 0.717) is 9.82 Å². The lowest BCUT2D eigenvalue weighted by Gasteiger charge is -1.88. The number of halogens is 1. The molecule has 0 N–H and O–H groups in total. The van der Waals surface area contributed by atoms with E-state index in [1.54, 1.807) is 6.92 Å². The van der Waals surface area contributed by atoms with Crippen LogP contribution in [0.3, 0.4) is 0 Å². The smallest absolute Gasteiger partial charge is 0.223 e. The van der Waals surface area contributed by atoms with E-state index in [9.17, 15) is 0 Å². The minimum Gasteiger partial charge on any atom is -0.340 e. The number of nitrogens with zero attached hydrogens (tertiary/aromatic N) is 2. The fourth-order valence-electron chi connectivity index (χ4n) is 0.477. The van der Waals surface area contributed by atoms with Crippen molar-refractivity contribution in [2.45, 2.75) is 17.8 Å². The van der Waals surface area contributed by atoms with Crippen molar-refractivity contribution in [3.63, 3.8) is 0 Å². The summed E-state index contributed by atoms with van der Waals surface area (Å²) in [5.41, 5.74) is 0. The minimum absolute atomic E-state index is 0.333. The quantitative estimate of drug-likeness (QED) is 0.553. The Bertz CT molecular complexity index is 197. The normalized spacial score (nSPS) is 13.7. The second kappa shape index (κ2) is 2.64. The predicted octanol–water partition coefficient (Wildman–Crippen LogP) is 1.87. The van der Waals surface area contributed by atoms with Gasteiger partial charge in [0.1, 0.15) is 0 Å². The van der Waals surface area contributed by atoms with Crippen molar-refractivity contribution in [3.8, 4) is 0 Å². The van der Waals surface area contributed by atoms with Crippen molar-refractivity contribution >= 4 is 22.6 Å². The van der Waals surface area contributed by atoms with Gasteiger partial charge in [0.15, 0.2) is 5.82 Å². The summed E-state index contributed by atoms with van der Waals surface area (Å²) in [6, 6.07) is 0. The first kappa shape index (κ1) is 6.98. The molecule has 50 valence electrons. The standard InChI is InChI=1S/C5H7IN2O/c1-3(6)5-7-4(2)9-8-5/h3H,1-2H3. The van der Waals surface area contributed by atoms with Crippen LogP contribution < -0.4 is 0 Å². The first-order chi connectivity index (χ1) is 4.20. The van der Waals surface area contributed by atoms with Gasteiger partial charge in [0.2, 0.25) is 5.89 Å². The molecule has 1 unspecified atom stereocenters. The van der Waals surface area contributed by atoms with E-state index >= 15 is 0 Å². The molecule has 0 aliphatic carbocycles. The zero-order valence-electron chi connectivity index (χ0n) is 5.26. The Labute approximate surface area is 67.0 Å². The van der Waals surface area contributed by atoms with Crippen LogP contribution in [-0.4, -0.2) is 10.1 Å². The van der Waals surface area contributed by atoms with Crippen LogP contribution in [0, 0.1) is 6.92 Å². The fraction of sp³-hybridized carbons (Fsp3) is 0.600. The van der Waals surface area contributed by atoms with E-state index in [1.807, 2.05) is 6.92 Å². The Morgan fingerprint density at radius 3 is 2.56 bits per heavy atom. The number of aromatic nitrogens is 2. The monoisotopic (exact) mass is 238 g/mol. The molecule has 0 aromatic carbocycles. The van der Waals surface area contributed by atoms with Crippen molar-refractivity contribution in [2.24, 2.45) is 0 Å². The lowest BCUT2D eigenvalue weighted by Crippen LogP contribution is -1.85. The molecular formula is C5H7IN2O. The molecule has 0 saturated carbocycles. The van der Waals surface area contributed by atoms with Gasteiger partial charge in [-0.3, -0.25) is 0 Å². The van der Waals surface area contributed by atoms with E-state index in [1.165, 1.54) is 0 Å². The molecule has 1 heterocycles. The van der Waals surface area contributed by atoms with Gasteiger partial charge in [0, 0.05) is 6.92 Å². The van der Waals surface area contributed by atoms with Crippen molar-refractivity contribution in [2.75, 3.05) is 0 Å². The summed E-state index contributed by atoms with van der Waals surface area (Å²) in [6.07, 6.45) is 0. The summed E-state index contributed by atoms with van der Waals surface area (Å²) >= 11 is 2.24. The largest absolute Gasteiger partial charge is 0.340 e. The van der Waals surface area contributed by atoms with Crippen LogP contribution in [0.5, 0.6) is 0 Å². The summed E-state index contributed by atoms with van der Waals surface area (Å²) in [5, 5.41) is 3.72. The number of aryl methyl sites for hydroxylation is 1. The van der Waals surface area contributed by atoms with Crippen LogP contribution in [0.4, 0.5) is 0 Å². The molecule has 1 rings (SSSR count). The summed E-state index contributed by atoms with van der Waals surface area (Å²) in [5.74, 6) is 1.40. The molecule has 0 radical (unpaired) electrons. The third kappa shape index (κ3) is 1.64. The van der Waals surface area contributed by atoms with Crippen LogP contribution in [-0.2, 0) is 0 Å². The van der Waals surface area contributed by atoms with Crippen LogP contribution in [0.25, 0.3) is 0 Å². The molecular weight excluding hydrogens is 231 g/mol. The molecule has 9 heavy (non-hydrogen) atoms. The third-order valence-electron chi connectivity index (χ3n) is 0.899. The van der Waals surface area contributed by atoms with Gasteiger partial charge >= 0.3 is 0 Å². The van der Waals surface area contributed by atoms with Gasteiger partial charge in [-0.05, 0) is 6.92 Å². The highest BCUT2D eigenvalue weighted by molar-refractivity contribution is 14.1. The lowest BCUT2D eigenvalue weighted by molar-refractivity contribution is 0.388. The molecule has 0 saturated heterocycles. The second-order valence-corrected chi connectivity index (χ2v) is 3.66. The van der Waals surface area contributed by atoms with Gasteiger partial charge in [0.25, 0.3) is 0 Å². The molecule has 0 aliphatic rings. The highest BCUT2D eigenvalue weighted by atomic mass is 127. The Morgan fingerprint density at radius 1 is 1.67 bits per heavy atom. The van der Waals surface area contributed by atoms with Gasteiger partial charge < -0.3 is 4.52 Å². The molecule has 1 atom stereocenters. The summed E-state index contributed by atoms with van der Waals surface area (Å²) in [4.78, 5) is 4.02. The van der Waals surface area contributed by atoms with Crippen molar-refractivity contribution in [1.82, 2.24) is 10.1 Å². The Kier molecular flexibility index (Phi) is 2.05. The molecule has 1 aromatic heterocycles. The van der Waals surface area contributed by atoms with Crippen molar-refractivity contribution < 1.29 is 4.52 Å². The zero-order valence-corrected chi connectivity index (χ0v) is 7.42. The fourth-order valence-corrected chi connectivity index (χ4v) is 0.730. The highest BCUT2D eigenvalue weighted by Gasteiger charge is 2.06. The molecule has 0 fully saturated rings. The minimum atomic E-state index is 0.333. The summed E-state index contributed by atoms with van der Waals surface area (Å²) in [7, 11) is 0. The average Bonchev–Trinajstić information content (AvgIpc) is 2.14. The zero-order chi connectivity index (χ0) is 6.85. The van der Waals surface area contributed by atoms with Gasteiger partial charge in [-0.15, -0.1) is 0 Å². The van der Waals surface area contributed by atoms with Gasteiger partial charge in [0.05, 0.1) is 3.92 Å². The molecule has 0 bridgehead atoms. The van der Waals surface area contributed by atoms with E-state index in [4.69, 9.17) is 4.52 Å². The van der Waals surface area contributed by atoms with Crippen LogP contribution >= 0.6 is 22.6 Å². The molecule has 3 nitrogen and oxygen atoms in total. The number of hydrogen-bond donors (Lipinski definition) is 0. The van der Waals surface area contributed by atoms with Crippen molar-refractivity contribution in [1.29, 1.82) is 0 Å². The number of rotatable bonds is 1. The maximum Gasteiger partial charge on any atom is 0.223 e. The Morgan fingerprint density at radius 2 is 2.33 bits per heavy atom. The van der Waals surface area contributed by atoms with Gasteiger partial charge in [-0.1, -0.05) is 27.7 Å². The molecule has 4 heteroatoms. The molecule has 0 amide bonds. The summed E-state index contributed by atoms with van der Waals surface area (Å²) < 4.78 is 5.09. The Balaban J connectivity index is 2.85. The van der Waals surface area contributed by atoms with Gasteiger partial charge in [-0.2, -0.15) is 4.98 Å². The van der Waals surface area contributed by atoms with Crippen LogP contribution in [0.2, 0.25) is 0 Å². The summed E-state index contributed by atoms with van der Waals surface area (Å²) in [6.45, 7) is 3.81. The second-order valence-electron chi connectivity index (χ2n) is 1.79. The maximum absolute atomic E-state index is 4.76. The van der Waals surface area contributed by atoms with E-state index in [2.05, 4.69) is 32.7 Å². The van der Waals surface area contributed by atoms with Crippen LogP contribution in [0.15, 0.2) is 4.52 Å². The van der Waals surface area contributed by atoms with Crippen molar-refractivity contribution in [3.05, 3.63) is 11.7 Å². The topological polar surface area (TPSA) is 38.9 Å². The lowest BCUT2D eigenvalue weighted by atomic mass is 10.5. The average molecular weight is 238 g/mol. The Hall–Kier alpha value is -0.130. The highest BCUT2D eigenvalue weighted by Crippen LogP contribution is 2.17. The predicted molar refractivity (Wildman–Crippen MR) is 41.5 cm³/mol. The molecule has 0 aliphatic heterocycles. The first-order valence-electron chi connectivity index (χ1n) is 2.64. The van der Waals surface area contributed by atoms with Gasteiger partial charge in [-0.25, -0.2) is 0 Å². The number of alkyl halides is 1. The number of hydrogen-bond acceptors (Lipinski definition) is 3. The third-order valence-corrected chi connectivity index (χ3v) is 1.46. The molecule has 0 spiro atoms. The SMILES string of the molecule is Cc1nc(C(C)I)no1. The first-order valence-corrected chi connectivity index (χ1v) is 3.89. The van der Waals surface area contributed by atoms with E-state index in [0.717, 1.165) is 5.82 Å². The molecule has 1 aromatic rings. The van der Waals surface area contributed by atoms with Crippen LogP contribution in [0.1, 0.15) is 22.6 Å². The maximum atomic E-state index is 4.76. The van der Waals surface area contributed by atoms with E-state index < -0.39 is 0 Å².